The number of likely N-dealkylation sites (tertiary alicyclic amines) is 2. The van der Waals surface area contributed by atoms with Gasteiger partial charge in [-0.15, -0.1) is 0 Å². The summed E-state index contributed by atoms with van der Waals surface area (Å²) in [6.45, 7) is 6.69. The number of nitrogens with one attached hydrogen (secondary N) is 1. The Hall–Kier alpha value is -0.810. The second kappa shape index (κ2) is 9.22. The number of piperidine rings is 1. The van der Waals surface area contributed by atoms with Gasteiger partial charge < -0.3 is 15.0 Å². The maximum absolute atomic E-state index is 5.34. The van der Waals surface area contributed by atoms with Crippen LogP contribution in [0.1, 0.15) is 57.8 Å². The maximum Gasteiger partial charge on any atom is 0.193 e. The first-order valence-corrected chi connectivity index (χ1v) is 10.5. The molecule has 25 heavy (non-hydrogen) atoms. The molecule has 3 aliphatic rings. The highest BCUT2D eigenvalue weighted by Gasteiger charge is 2.38. The van der Waals surface area contributed by atoms with E-state index < -0.39 is 0 Å². The number of rotatable bonds is 5. The fraction of sp³-hybridized carbons (Fsp3) is 0.950. The fourth-order valence-corrected chi connectivity index (χ4v) is 5.16. The molecule has 2 saturated heterocycles. The summed E-state index contributed by atoms with van der Waals surface area (Å²) in [5.74, 6) is 1.75. The van der Waals surface area contributed by atoms with Crippen LogP contribution in [0.4, 0.5) is 0 Å². The highest BCUT2D eigenvalue weighted by Crippen LogP contribution is 2.35. The summed E-state index contributed by atoms with van der Waals surface area (Å²) in [6, 6.07) is 0. The van der Waals surface area contributed by atoms with E-state index in [4.69, 9.17) is 4.74 Å². The Morgan fingerprint density at radius 3 is 2.48 bits per heavy atom. The number of aliphatic imine (C=N–C) groups is 1. The zero-order valence-corrected chi connectivity index (χ0v) is 16.4. The average Bonchev–Trinajstić information content (AvgIpc) is 3.12. The van der Waals surface area contributed by atoms with E-state index in [9.17, 15) is 0 Å². The first-order chi connectivity index (χ1) is 12.3. The summed E-state index contributed by atoms with van der Waals surface area (Å²) in [5, 5.41) is 3.78. The lowest BCUT2D eigenvalue weighted by Crippen LogP contribution is -2.59. The van der Waals surface area contributed by atoms with Gasteiger partial charge in [-0.2, -0.15) is 0 Å². The van der Waals surface area contributed by atoms with Crippen molar-refractivity contribution in [2.24, 2.45) is 10.9 Å². The number of hydrogen-bond acceptors (Lipinski definition) is 3. The molecule has 3 fully saturated rings. The van der Waals surface area contributed by atoms with E-state index >= 15 is 0 Å². The van der Waals surface area contributed by atoms with Crippen molar-refractivity contribution in [2.75, 3.05) is 53.5 Å². The van der Waals surface area contributed by atoms with Gasteiger partial charge in [0, 0.05) is 45.2 Å². The predicted molar refractivity (Wildman–Crippen MR) is 104 cm³/mol. The fourth-order valence-electron chi connectivity index (χ4n) is 5.16. The molecule has 1 N–H and O–H groups in total. The number of ether oxygens (including phenoxy) is 1. The molecule has 2 aliphatic heterocycles. The molecule has 0 radical (unpaired) electrons. The van der Waals surface area contributed by atoms with Crippen molar-refractivity contribution >= 4 is 5.96 Å². The van der Waals surface area contributed by atoms with Gasteiger partial charge in [-0.25, -0.2) is 0 Å². The van der Waals surface area contributed by atoms with Crippen molar-refractivity contribution in [2.45, 2.75) is 63.3 Å². The third-order valence-electron chi connectivity index (χ3n) is 6.59. The van der Waals surface area contributed by atoms with Gasteiger partial charge in [0.1, 0.15) is 0 Å². The molecule has 0 aromatic carbocycles. The molecule has 1 aliphatic carbocycles. The lowest BCUT2D eigenvalue weighted by molar-refractivity contribution is 0.0364. The summed E-state index contributed by atoms with van der Waals surface area (Å²) < 4.78 is 5.34. The zero-order chi connectivity index (χ0) is 17.5. The van der Waals surface area contributed by atoms with Crippen LogP contribution in [0.2, 0.25) is 0 Å². The van der Waals surface area contributed by atoms with Crippen molar-refractivity contribution < 1.29 is 4.74 Å². The summed E-state index contributed by atoms with van der Waals surface area (Å²) in [5.41, 5.74) is 0.361. The first-order valence-electron chi connectivity index (χ1n) is 10.5. The van der Waals surface area contributed by atoms with Crippen LogP contribution in [-0.2, 0) is 4.74 Å². The molecule has 3 rings (SSSR count). The standard InChI is InChI=1S/C20H38N4O/c1-21-19(23-14-9-18(15-23)16-25-2)22-17-20(10-5-3-6-11-20)24-12-7-4-8-13-24/h18H,3-17H2,1-2H3,(H,21,22). The molecule has 0 amide bonds. The van der Waals surface area contributed by atoms with Crippen LogP contribution in [-0.4, -0.2) is 74.8 Å². The van der Waals surface area contributed by atoms with Crippen molar-refractivity contribution in [1.82, 2.24) is 15.1 Å². The Bertz CT molecular complexity index is 427. The highest BCUT2D eigenvalue weighted by atomic mass is 16.5. The van der Waals surface area contributed by atoms with Crippen LogP contribution in [0.5, 0.6) is 0 Å². The quantitative estimate of drug-likeness (QED) is 0.611. The average molecular weight is 351 g/mol. The predicted octanol–water partition coefficient (Wildman–Crippen LogP) is 2.72. The molecule has 1 unspecified atom stereocenters. The van der Waals surface area contributed by atoms with Crippen LogP contribution in [0.3, 0.4) is 0 Å². The van der Waals surface area contributed by atoms with E-state index in [0.717, 1.165) is 32.2 Å². The minimum Gasteiger partial charge on any atom is -0.384 e. The summed E-state index contributed by atoms with van der Waals surface area (Å²) >= 11 is 0. The third kappa shape index (κ3) is 4.68. The zero-order valence-electron chi connectivity index (χ0n) is 16.4. The van der Waals surface area contributed by atoms with E-state index in [1.165, 1.54) is 70.9 Å². The molecule has 0 aromatic heterocycles. The number of hydrogen-bond donors (Lipinski definition) is 1. The van der Waals surface area contributed by atoms with Gasteiger partial charge in [0.2, 0.25) is 0 Å². The van der Waals surface area contributed by atoms with Crippen molar-refractivity contribution in [3.05, 3.63) is 0 Å². The van der Waals surface area contributed by atoms with Gasteiger partial charge in [-0.3, -0.25) is 9.89 Å². The Kier molecular flexibility index (Phi) is 7.00. The van der Waals surface area contributed by atoms with Crippen LogP contribution in [0.25, 0.3) is 0 Å². The lowest BCUT2D eigenvalue weighted by atomic mass is 9.79. The molecular formula is C20H38N4O. The molecule has 1 atom stereocenters. The van der Waals surface area contributed by atoms with E-state index in [1.807, 2.05) is 7.05 Å². The van der Waals surface area contributed by atoms with E-state index in [0.29, 0.717) is 11.5 Å². The van der Waals surface area contributed by atoms with Crippen LogP contribution < -0.4 is 5.32 Å². The van der Waals surface area contributed by atoms with Gasteiger partial charge in [0.05, 0.1) is 6.61 Å². The van der Waals surface area contributed by atoms with Crippen molar-refractivity contribution in [1.29, 1.82) is 0 Å². The van der Waals surface area contributed by atoms with Crippen molar-refractivity contribution in [3.63, 3.8) is 0 Å². The number of nitrogens with zero attached hydrogens (tertiary/aromatic N) is 3. The molecular weight excluding hydrogens is 312 g/mol. The largest absolute Gasteiger partial charge is 0.384 e. The second-order valence-electron chi connectivity index (χ2n) is 8.29. The number of guanidine groups is 1. The van der Waals surface area contributed by atoms with Crippen LogP contribution >= 0.6 is 0 Å². The van der Waals surface area contributed by atoms with E-state index in [2.05, 4.69) is 20.1 Å². The minimum atomic E-state index is 0.361. The summed E-state index contributed by atoms with van der Waals surface area (Å²) in [4.78, 5) is 9.84. The normalized spacial score (nSPS) is 28.3. The van der Waals surface area contributed by atoms with Gasteiger partial charge in [0.15, 0.2) is 5.96 Å². The molecule has 0 spiro atoms. The molecule has 2 heterocycles. The minimum absolute atomic E-state index is 0.361. The lowest BCUT2D eigenvalue weighted by Gasteiger charge is -2.48. The molecule has 5 nitrogen and oxygen atoms in total. The van der Waals surface area contributed by atoms with E-state index in [1.54, 1.807) is 7.11 Å². The van der Waals surface area contributed by atoms with E-state index in [-0.39, 0.29) is 0 Å². The molecule has 0 aromatic rings. The molecule has 144 valence electrons. The summed E-state index contributed by atoms with van der Waals surface area (Å²) in [7, 11) is 3.74. The second-order valence-corrected chi connectivity index (χ2v) is 8.29. The number of methoxy groups -OCH3 is 1. The third-order valence-corrected chi connectivity index (χ3v) is 6.59. The van der Waals surface area contributed by atoms with Gasteiger partial charge in [0.25, 0.3) is 0 Å². The Labute approximate surface area is 154 Å². The molecule has 5 heteroatoms. The van der Waals surface area contributed by atoms with Gasteiger partial charge in [-0.05, 0) is 45.2 Å². The Balaban J connectivity index is 1.59. The van der Waals surface area contributed by atoms with Crippen LogP contribution in [0.15, 0.2) is 4.99 Å². The van der Waals surface area contributed by atoms with Gasteiger partial charge >= 0.3 is 0 Å². The highest BCUT2D eigenvalue weighted by molar-refractivity contribution is 5.80. The summed E-state index contributed by atoms with van der Waals surface area (Å²) in [6.07, 6.45) is 12.3. The molecule has 0 bridgehead atoms. The van der Waals surface area contributed by atoms with Crippen molar-refractivity contribution in [3.8, 4) is 0 Å². The Morgan fingerprint density at radius 2 is 1.80 bits per heavy atom. The smallest absolute Gasteiger partial charge is 0.193 e. The topological polar surface area (TPSA) is 40.1 Å². The van der Waals surface area contributed by atoms with Crippen LogP contribution in [0, 0.1) is 5.92 Å². The molecule has 1 saturated carbocycles. The Morgan fingerprint density at radius 1 is 1.08 bits per heavy atom. The van der Waals surface area contributed by atoms with Gasteiger partial charge in [-0.1, -0.05) is 25.7 Å². The monoisotopic (exact) mass is 350 g/mol. The first kappa shape index (κ1) is 19.0. The SMILES string of the molecule is CN=C(NCC1(N2CCCCC2)CCCCC1)N1CCC(COC)C1. The maximum atomic E-state index is 5.34.